The van der Waals surface area contributed by atoms with Crippen molar-refractivity contribution in [1.29, 1.82) is 0 Å². The fourth-order valence-corrected chi connectivity index (χ4v) is 1.70. The Bertz CT molecular complexity index is 609. The number of hydrogen-bond donors (Lipinski definition) is 2. The van der Waals surface area contributed by atoms with Crippen LogP contribution in [0.3, 0.4) is 0 Å². The van der Waals surface area contributed by atoms with E-state index < -0.39 is 0 Å². The van der Waals surface area contributed by atoms with E-state index in [1.54, 1.807) is 0 Å². The van der Waals surface area contributed by atoms with Gasteiger partial charge in [-0.05, 0) is 19.9 Å². The average Bonchev–Trinajstić information content (AvgIpc) is 2.57. The van der Waals surface area contributed by atoms with Crippen LogP contribution in [-0.4, -0.2) is 26.9 Å². The molecule has 7 nitrogen and oxygen atoms in total. The number of methoxy groups -OCH3 is 1. The number of nitrogens with zero attached hydrogens (tertiary/aromatic N) is 3. The van der Waals surface area contributed by atoms with Crippen molar-refractivity contribution in [2.24, 2.45) is 0 Å². The number of ether oxygens (including phenoxy) is 1. The van der Waals surface area contributed by atoms with Gasteiger partial charge in [0.25, 0.3) is 11.5 Å². The molecule has 0 saturated carbocycles. The Morgan fingerprint density at radius 2 is 2.00 bits per heavy atom. The van der Waals surface area contributed by atoms with Crippen molar-refractivity contribution in [2.45, 2.75) is 20.5 Å². The summed E-state index contributed by atoms with van der Waals surface area (Å²) in [5.41, 5.74) is 7.54. The summed E-state index contributed by atoms with van der Waals surface area (Å²) in [6, 6.07) is 1.83. The van der Waals surface area contributed by atoms with E-state index in [1.165, 1.54) is 11.8 Å². The number of rotatable bonds is 3. The molecule has 7 heteroatoms. The normalized spacial score (nSPS) is 10.8. The van der Waals surface area contributed by atoms with Crippen molar-refractivity contribution in [3.63, 3.8) is 0 Å². The van der Waals surface area contributed by atoms with Gasteiger partial charge in [-0.15, -0.1) is 0 Å². The average molecular weight is 249 g/mol. The minimum Gasteiger partial charge on any atom is -0.393 e. The van der Waals surface area contributed by atoms with Gasteiger partial charge in [0, 0.05) is 18.5 Å². The summed E-state index contributed by atoms with van der Waals surface area (Å²) >= 11 is 0. The molecule has 0 bridgehead atoms. The number of aryl methyl sites for hydroxylation is 2. The predicted molar refractivity (Wildman–Crippen MR) is 66.6 cm³/mol. The topological polar surface area (TPSA) is 98.8 Å². The van der Waals surface area contributed by atoms with Crippen LogP contribution in [-0.2, 0) is 11.3 Å². The zero-order valence-electron chi connectivity index (χ0n) is 10.5. The second-order valence-corrected chi connectivity index (χ2v) is 4.03. The number of aromatic amines is 1. The van der Waals surface area contributed by atoms with Gasteiger partial charge in [-0.1, -0.05) is 0 Å². The van der Waals surface area contributed by atoms with Gasteiger partial charge in [0.05, 0.1) is 12.3 Å². The van der Waals surface area contributed by atoms with E-state index in [9.17, 15) is 4.79 Å². The van der Waals surface area contributed by atoms with E-state index in [0.717, 1.165) is 11.4 Å². The zero-order chi connectivity index (χ0) is 13.3. The molecule has 0 aliphatic carbocycles. The Morgan fingerprint density at radius 3 is 2.56 bits per heavy atom. The molecule has 0 saturated heterocycles. The maximum Gasteiger partial charge on any atom is 0.297 e. The Morgan fingerprint density at radius 1 is 1.39 bits per heavy atom. The van der Waals surface area contributed by atoms with Gasteiger partial charge in [-0.25, -0.2) is 9.97 Å². The van der Waals surface area contributed by atoms with Gasteiger partial charge < -0.3 is 10.5 Å². The zero-order valence-corrected chi connectivity index (χ0v) is 10.5. The Balaban J connectivity index is 2.57. The lowest BCUT2D eigenvalue weighted by molar-refractivity contribution is 0.181. The van der Waals surface area contributed by atoms with Gasteiger partial charge in [-0.2, -0.15) is 4.68 Å². The number of H-pyrrole nitrogens is 1. The van der Waals surface area contributed by atoms with Crippen LogP contribution in [0.25, 0.3) is 5.95 Å². The summed E-state index contributed by atoms with van der Waals surface area (Å²) in [5, 5.41) is 2.85. The third-order valence-electron chi connectivity index (χ3n) is 2.46. The number of aromatic nitrogens is 4. The molecule has 96 valence electrons. The van der Waals surface area contributed by atoms with Crippen LogP contribution < -0.4 is 11.3 Å². The van der Waals surface area contributed by atoms with Gasteiger partial charge in [0.2, 0.25) is 0 Å². The van der Waals surface area contributed by atoms with Crippen molar-refractivity contribution >= 4 is 5.69 Å². The molecular weight excluding hydrogens is 234 g/mol. The molecule has 0 fully saturated rings. The van der Waals surface area contributed by atoms with Crippen LogP contribution in [0.2, 0.25) is 0 Å². The Hall–Kier alpha value is -2.15. The lowest BCUT2D eigenvalue weighted by Crippen LogP contribution is -2.19. The number of anilines is 1. The molecular formula is C11H15N5O2. The van der Waals surface area contributed by atoms with Crippen LogP contribution in [0.1, 0.15) is 17.1 Å². The lowest BCUT2D eigenvalue weighted by atomic mass is 10.4. The van der Waals surface area contributed by atoms with Crippen LogP contribution in [0.4, 0.5) is 5.69 Å². The summed E-state index contributed by atoms with van der Waals surface area (Å²) in [6.07, 6.45) is 0. The third-order valence-corrected chi connectivity index (χ3v) is 2.46. The molecule has 0 atom stereocenters. The van der Waals surface area contributed by atoms with Gasteiger partial charge in [0.15, 0.2) is 0 Å². The van der Waals surface area contributed by atoms with Crippen molar-refractivity contribution in [1.82, 2.24) is 19.7 Å². The molecule has 0 aliphatic heterocycles. The highest BCUT2D eigenvalue weighted by Crippen LogP contribution is 2.08. The Kier molecular flexibility index (Phi) is 3.15. The van der Waals surface area contributed by atoms with Gasteiger partial charge in [-0.3, -0.25) is 9.89 Å². The second-order valence-electron chi connectivity index (χ2n) is 4.03. The molecule has 2 aromatic rings. The highest BCUT2D eigenvalue weighted by Gasteiger charge is 2.14. The van der Waals surface area contributed by atoms with Crippen LogP contribution in [0, 0.1) is 13.8 Å². The van der Waals surface area contributed by atoms with Crippen molar-refractivity contribution in [3.05, 3.63) is 33.5 Å². The van der Waals surface area contributed by atoms with E-state index in [-0.39, 0.29) is 23.8 Å². The van der Waals surface area contributed by atoms with Crippen molar-refractivity contribution < 1.29 is 4.74 Å². The molecule has 0 aliphatic rings. The highest BCUT2D eigenvalue weighted by molar-refractivity contribution is 5.42. The number of nitrogens with two attached hydrogens (primary N) is 1. The second kappa shape index (κ2) is 4.61. The highest BCUT2D eigenvalue weighted by atomic mass is 16.5. The molecule has 0 spiro atoms. The van der Waals surface area contributed by atoms with Gasteiger partial charge >= 0.3 is 0 Å². The molecule has 2 aromatic heterocycles. The standard InChI is InChI=1S/C11H15N5O2/c1-6-4-7(2)14-11(13-6)16-10(17)9(12)8(15-16)5-18-3/h4,15H,5,12H2,1-3H3. The van der Waals surface area contributed by atoms with Crippen LogP contribution in [0.5, 0.6) is 0 Å². The SMILES string of the molecule is COCc1[nH]n(-c2nc(C)cc(C)n2)c(=O)c1N. The van der Waals surface area contributed by atoms with E-state index in [2.05, 4.69) is 15.1 Å². The quantitative estimate of drug-likeness (QED) is 0.815. The number of hydrogen-bond acceptors (Lipinski definition) is 5. The number of nitrogens with one attached hydrogen (secondary N) is 1. The molecule has 0 radical (unpaired) electrons. The third kappa shape index (κ3) is 2.12. The molecule has 2 heterocycles. The monoisotopic (exact) mass is 249 g/mol. The van der Waals surface area contributed by atoms with Gasteiger partial charge in [0.1, 0.15) is 5.69 Å². The van der Waals surface area contributed by atoms with E-state index in [0.29, 0.717) is 5.69 Å². The lowest BCUT2D eigenvalue weighted by Gasteiger charge is -2.02. The predicted octanol–water partition coefficient (Wildman–Crippen LogP) is 0.301. The van der Waals surface area contributed by atoms with E-state index in [4.69, 9.17) is 10.5 Å². The minimum atomic E-state index is -0.368. The first-order valence-electron chi connectivity index (χ1n) is 5.44. The fraction of sp³-hybridized carbons (Fsp3) is 0.364. The Labute approximate surface area is 104 Å². The smallest absolute Gasteiger partial charge is 0.297 e. The van der Waals surface area contributed by atoms with E-state index in [1.807, 2.05) is 19.9 Å². The maximum atomic E-state index is 12.0. The first-order chi connectivity index (χ1) is 8.52. The van der Waals surface area contributed by atoms with E-state index >= 15 is 0 Å². The van der Waals surface area contributed by atoms with Crippen LogP contribution in [0.15, 0.2) is 10.9 Å². The molecule has 3 N–H and O–H groups in total. The molecule has 2 rings (SSSR count). The first kappa shape index (κ1) is 12.3. The molecule has 0 unspecified atom stereocenters. The summed E-state index contributed by atoms with van der Waals surface area (Å²) in [7, 11) is 1.53. The first-order valence-corrected chi connectivity index (χ1v) is 5.44. The summed E-state index contributed by atoms with van der Waals surface area (Å²) < 4.78 is 6.18. The molecule has 18 heavy (non-hydrogen) atoms. The summed E-state index contributed by atoms with van der Waals surface area (Å²) in [5.74, 6) is 0.284. The maximum absolute atomic E-state index is 12.0. The minimum absolute atomic E-state index is 0.125. The largest absolute Gasteiger partial charge is 0.393 e. The number of nitrogen functional groups attached to an aromatic ring is 1. The molecule has 0 aromatic carbocycles. The van der Waals surface area contributed by atoms with Crippen molar-refractivity contribution in [3.8, 4) is 5.95 Å². The summed E-state index contributed by atoms with van der Waals surface area (Å²) in [4.78, 5) is 20.4. The molecule has 0 amide bonds. The fourth-order valence-electron chi connectivity index (χ4n) is 1.70. The van der Waals surface area contributed by atoms with Crippen molar-refractivity contribution in [2.75, 3.05) is 12.8 Å². The summed E-state index contributed by atoms with van der Waals surface area (Å²) in [6.45, 7) is 3.91. The van der Waals surface area contributed by atoms with Crippen LogP contribution >= 0.6 is 0 Å².